The zero-order chi connectivity index (χ0) is 14.2. The number of benzene rings is 1. The molecule has 4 heteroatoms. The highest BCUT2D eigenvalue weighted by atomic mass is 79.9. The Morgan fingerprint density at radius 1 is 0.950 bits per heavy atom. The summed E-state index contributed by atoms with van der Waals surface area (Å²) >= 11 is 3.39. The SMILES string of the molecule is CCn1cc(-c2cncc(Br)c2)cn1.c1ccccc1. The van der Waals surface area contributed by atoms with E-state index in [0.29, 0.717) is 0 Å². The van der Waals surface area contributed by atoms with Crippen molar-refractivity contribution in [2.24, 2.45) is 0 Å². The lowest BCUT2D eigenvalue weighted by Gasteiger charge is -1.96. The average Bonchev–Trinajstić information content (AvgIpc) is 2.99. The summed E-state index contributed by atoms with van der Waals surface area (Å²) in [4.78, 5) is 4.11. The number of halogens is 1. The van der Waals surface area contributed by atoms with Gasteiger partial charge < -0.3 is 0 Å². The van der Waals surface area contributed by atoms with E-state index >= 15 is 0 Å². The second kappa shape index (κ2) is 7.60. The molecule has 20 heavy (non-hydrogen) atoms. The van der Waals surface area contributed by atoms with E-state index in [-0.39, 0.29) is 0 Å². The number of rotatable bonds is 2. The minimum absolute atomic E-state index is 0.890. The highest BCUT2D eigenvalue weighted by molar-refractivity contribution is 9.10. The standard InChI is InChI=1S/C10H10BrN3.C6H6/c1-2-14-7-9(5-13-14)8-3-10(11)6-12-4-8;1-2-4-6-5-3-1/h3-7H,2H2,1H3;1-6H. The Labute approximate surface area is 127 Å². The highest BCUT2D eigenvalue weighted by Crippen LogP contribution is 2.20. The van der Waals surface area contributed by atoms with E-state index in [4.69, 9.17) is 0 Å². The zero-order valence-electron chi connectivity index (χ0n) is 11.3. The Balaban J connectivity index is 0.000000205. The van der Waals surface area contributed by atoms with E-state index < -0.39 is 0 Å². The van der Waals surface area contributed by atoms with E-state index in [9.17, 15) is 0 Å². The van der Waals surface area contributed by atoms with E-state index in [0.717, 1.165) is 22.1 Å². The molecule has 0 saturated heterocycles. The normalized spacial score (nSPS) is 9.70. The van der Waals surface area contributed by atoms with Crippen LogP contribution in [0.25, 0.3) is 11.1 Å². The summed E-state index contributed by atoms with van der Waals surface area (Å²) in [6.45, 7) is 2.96. The van der Waals surface area contributed by atoms with Crippen LogP contribution in [-0.4, -0.2) is 14.8 Å². The first-order chi connectivity index (χ1) is 9.79. The molecule has 0 aliphatic rings. The molecule has 2 aromatic heterocycles. The van der Waals surface area contributed by atoms with Gasteiger partial charge in [-0.1, -0.05) is 36.4 Å². The van der Waals surface area contributed by atoms with Crippen molar-refractivity contribution in [1.82, 2.24) is 14.8 Å². The van der Waals surface area contributed by atoms with Crippen molar-refractivity contribution in [2.75, 3.05) is 0 Å². The van der Waals surface area contributed by atoms with Gasteiger partial charge in [0.1, 0.15) is 0 Å². The fourth-order valence-electron chi connectivity index (χ4n) is 1.64. The molecule has 3 aromatic rings. The first-order valence-electron chi connectivity index (χ1n) is 6.43. The second-order valence-corrected chi connectivity index (χ2v) is 5.05. The van der Waals surface area contributed by atoms with Crippen LogP contribution in [0.3, 0.4) is 0 Å². The summed E-state index contributed by atoms with van der Waals surface area (Å²) < 4.78 is 2.88. The van der Waals surface area contributed by atoms with Gasteiger partial charge in [-0.3, -0.25) is 9.67 Å². The van der Waals surface area contributed by atoms with Gasteiger partial charge in [0.15, 0.2) is 0 Å². The Morgan fingerprint density at radius 2 is 1.60 bits per heavy atom. The van der Waals surface area contributed by atoms with Gasteiger partial charge in [-0.05, 0) is 28.9 Å². The Morgan fingerprint density at radius 3 is 2.10 bits per heavy atom. The lowest BCUT2D eigenvalue weighted by atomic mass is 10.2. The van der Waals surface area contributed by atoms with Crippen LogP contribution in [0.1, 0.15) is 6.92 Å². The third-order valence-electron chi connectivity index (χ3n) is 2.66. The molecular formula is C16H16BrN3. The number of pyridine rings is 1. The van der Waals surface area contributed by atoms with Crippen molar-refractivity contribution in [3.05, 3.63) is 71.7 Å². The van der Waals surface area contributed by atoms with Crippen molar-refractivity contribution in [3.8, 4) is 11.1 Å². The van der Waals surface area contributed by atoms with Gasteiger partial charge in [0.25, 0.3) is 0 Å². The topological polar surface area (TPSA) is 30.7 Å². The van der Waals surface area contributed by atoms with Gasteiger partial charge in [0.2, 0.25) is 0 Å². The summed E-state index contributed by atoms with van der Waals surface area (Å²) in [5.41, 5.74) is 2.18. The molecule has 3 nitrogen and oxygen atoms in total. The molecule has 3 rings (SSSR count). The molecular weight excluding hydrogens is 314 g/mol. The van der Waals surface area contributed by atoms with Gasteiger partial charge in [-0.25, -0.2) is 0 Å². The zero-order valence-corrected chi connectivity index (χ0v) is 12.9. The third kappa shape index (κ3) is 4.31. The van der Waals surface area contributed by atoms with E-state index in [1.54, 1.807) is 6.20 Å². The maximum Gasteiger partial charge on any atom is 0.0568 e. The predicted molar refractivity (Wildman–Crippen MR) is 85.3 cm³/mol. The molecule has 102 valence electrons. The molecule has 0 bridgehead atoms. The van der Waals surface area contributed by atoms with Gasteiger partial charge in [0, 0.05) is 40.7 Å². The summed E-state index contributed by atoms with van der Waals surface area (Å²) in [6, 6.07) is 14.0. The lowest BCUT2D eigenvalue weighted by molar-refractivity contribution is 0.660. The van der Waals surface area contributed by atoms with Crippen molar-refractivity contribution in [1.29, 1.82) is 0 Å². The molecule has 2 heterocycles. The van der Waals surface area contributed by atoms with Gasteiger partial charge >= 0.3 is 0 Å². The molecule has 0 unspecified atom stereocenters. The van der Waals surface area contributed by atoms with Gasteiger partial charge in [-0.2, -0.15) is 5.10 Å². The molecule has 0 radical (unpaired) electrons. The monoisotopic (exact) mass is 329 g/mol. The summed E-state index contributed by atoms with van der Waals surface area (Å²) in [5.74, 6) is 0. The molecule has 0 spiro atoms. The first-order valence-corrected chi connectivity index (χ1v) is 7.22. The first kappa shape index (κ1) is 14.5. The van der Waals surface area contributed by atoms with Crippen LogP contribution in [0.15, 0.2) is 71.7 Å². The molecule has 0 N–H and O–H groups in total. The fraction of sp³-hybridized carbons (Fsp3) is 0.125. The minimum Gasteiger partial charge on any atom is -0.272 e. The Kier molecular flexibility index (Phi) is 5.50. The van der Waals surface area contributed by atoms with Crippen molar-refractivity contribution >= 4 is 15.9 Å². The number of aromatic nitrogens is 3. The van der Waals surface area contributed by atoms with Crippen LogP contribution >= 0.6 is 15.9 Å². The van der Waals surface area contributed by atoms with Crippen molar-refractivity contribution < 1.29 is 0 Å². The van der Waals surface area contributed by atoms with Crippen molar-refractivity contribution in [3.63, 3.8) is 0 Å². The Bertz CT molecular complexity index is 608. The van der Waals surface area contributed by atoms with Crippen LogP contribution in [0.5, 0.6) is 0 Å². The number of nitrogens with zero attached hydrogens (tertiary/aromatic N) is 3. The van der Waals surface area contributed by atoms with Crippen LogP contribution < -0.4 is 0 Å². The summed E-state index contributed by atoms with van der Waals surface area (Å²) in [6.07, 6.45) is 7.48. The molecule has 0 saturated carbocycles. The minimum atomic E-state index is 0.890. The maximum absolute atomic E-state index is 4.21. The highest BCUT2D eigenvalue weighted by Gasteiger charge is 2.01. The number of aryl methyl sites for hydroxylation is 1. The summed E-state index contributed by atoms with van der Waals surface area (Å²) in [7, 11) is 0. The average molecular weight is 330 g/mol. The second-order valence-electron chi connectivity index (χ2n) is 4.13. The van der Waals surface area contributed by atoms with Crippen molar-refractivity contribution in [2.45, 2.75) is 13.5 Å². The van der Waals surface area contributed by atoms with Gasteiger partial charge in [-0.15, -0.1) is 0 Å². The predicted octanol–water partition coefficient (Wildman–Crippen LogP) is 4.41. The quantitative estimate of drug-likeness (QED) is 0.697. The van der Waals surface area contributed by atoms with Crippen LogP contribution in [0.4, 0.5) is 0 Å². The number of hydrogen-bond donors (Lipinski definition) is 0. The van der Waals surface area contributed by atoms with Crippen LogP contribution in [-0.2, 0) is 6.54 Å². The fourth-order valence-corrected chi connectivity index (χ4v) is 2.01. The molecule has 0 amide bonds. The van der Waals surface area contributed by atoms with E-state index in [1.165, 1.54) is 0 Å². The van der Waals surface area contributed by atoms with Crippen LogP contribution in [0, 0.1) is 0 Å². The molecule has 0 atom stereocenters. The summed E-state index contributed by atoms with van der Waals surface area (Å²) in [5, 5.41) is 4.21. The number of hydrogen-bond acceptors (Lipinski definition) is 2. The van der Waals surface area contributed by atoms with Crippen LogP contribution in [0.2, 0.25) is 0 Å². The smallest absolute Gasteiger partial charge is 0.0568 e. The van der Waals surface area contributed by atoms with E-state index in [2.05, 4.69) is 32.9 Å². The largest absolute Gasteiger partial charge is 0.272 e. The lowest BCUT2D eigenvalue weighted by Crippen LogP contribution is -1.91. The molecule has 0 fully saturated rings. The van der Waals surface area contributed by atoms with E-state index in [1.807, 2.05) is 65.7 Å². The molecule has 0 aliphatic carbocycles. The molecule has 1 aromatic carbocycles. The molecule has 0 aliphatic heterocycles. The Hall–Kier alpha value is -1.94. The van der Waals surface area contributed by atoms with Gasteiger partial charge in [0.05, 0.1) is 6.20 Å². The maximum atomic E-state index is 4.21. The third-order valence-corrected chi connectivity index (χ3v) is 3.10.